The van der Waals surface area contributed by atoms with Crippen LogP contribution in [0.3, 0.4) is 0 Å². The Bertz CT molecular complexity index is 429. The molecule has 1 aromatic rings. The summed E-state index contributed by atoms with van der Waals surface area (Å²) in [6.07, 6.45) is 5.64. The smallest absolute Gasteiger partial charge is 0.319 e. The summed E-state index contributed by atoms with van der Waals surface area (Å²) < 4.78 is 0. The second kappa shape index (κ2) is 5.89. The van der Waals surface area contributed by atoms with Crippen LogP contribution in [0.4, 0.5) is 10.5 Å². The number of rotatable bonds is 3. The first kappa shape index (κ1) is 12.9. The summed E-state index contributed by atoms with van der Waals surface area (Å²) in [6, 6.07) is 6.32. The maximum Gasteiger partial charge on any atom is 0.319 e. The SMILES string of the molecule is CC[C@H](C)NC(=O)Nc1cccc2c1CCCC2. The van der Waals surface area contributed by atoms with Gasteiger partial charge in [0.1, 0.15) is 0 Å². The average molecular weight is 246 g/mol. The highest BCUT2D eigenvalue weighted by atomic mass is 16.2. The second-order valence-electron chi connectivity index (χ2n) is 5.06. The van der Waals surface area contributed by atoms with Gasteiger partial charge in [-0.1, -0.05) is 19.1 Å². The van der Waals surface area contributed by atoms with Crippen molar-refractivity contribution in [2.45, 2.75) is 52.0 Å². The van der Waals surface area contributed by atoms with Crippen LogP contribution in [0.5, 0.6) is 0 Å². The van der Waals surface area contributed by atoms with Gasteiger partial charge < -0.3 is 10.6 Å². The van der Waals surface area contributed by atoms with Crippen molar-refractivity contribution in [3.63, 3.8) is 0 Å². The largest absolute Gasteiger partial charge is 0.335 e. The Kier molecular flexibility index (Phi) is 4.24. The molecule has 0 radical (unpaired) electrons. The number of hydrogen-bond donors (Lipinski definition) is 2. The maximum absolute atomic E-state index is 11.8. The summed E-state index contributed by atoms with van der Waals surface area (Å²) in [7, 11) is 0. The summed E-state index contributed by atoms with van der Waals surface area (Å²) >= 11 is 0. The molecule has 1 aliphatic rings. The molecule has 0 saturated heterocycles. The van der Waals surface area contributed by atoms with Gasteiger partial charge in [-0.05, 0) is 56.2 Å². The van der Waals surface area contributed by atoms with Gasteiger partial charge in [0.15, 0.2) is 0 Å². The molecule has 2 N–H and O–H groups in total. The summed E-state index contributed by atoms with van der Waals surface area (Å²) in [6.45, 7) is 4.08. The number of hydrogen-bond acceptors (Lipinski definition) is 1. The molecule has 3 heteroatoms. The minimum Gasteiger partial charge on any atom is -0.335 e. The molecular weight excluding hydrogens is 224 g/mol. The fourth-order valence-electron chi connectivity index (χ4n) is 2.38. The summed E-state index contributed by atoms with van der Waals surface area (Å²) in [5, 5.41) is 5.92. The lowest BCUT2D eigenvalue weighted by Crippen LogP contribution is -2.35. The molecular formula is C15H22N2O. The average Bonchev–Trinajstić information content (AvgIpc) is 2.39. The van der Waals surface area contributed by atoms with Crippen LogP contribution in [0.25, 0.3) is 0 Å². The van der Waals surface area contributed by atoms with E-state index in [9.17, 15) is 4.79 Å². The lowest BCUT2D eigenvalue weighted by atomic mass is 9.90. The quantitative estimate of drug-likeness (QED) is 0.842. The number of amides is 2. The van der Waals surface area contributed by atoms with Crippen LogP contribution in [0.15, 0.2) is 18.2 Å². The van der Waals surface area contributed by atoms with Gasteiger partial charge >= 0.3 is 6.03 Å². The molecule has 0 heterocycles. The van der Waals surface area contributed by atoms with Crippen LogP contribution in [0.1, 0.15) is 44.2 Å². The lowest BCUT2D eigenvalue weighted by Gasteiger charge is -2.20. The van der Waals surface area contributed by atoms with E-state index >= 15 is 0 Å². The number of benzene rings is 1. The summed E-state index contributed by atoms with van der Waals surface area (Å²) in [5.41, 5.74) is 3.69. The van der Waals surface area contributed by atoms with Crippen LogP contribution >= 0.6 is 0 Å². The number of fused-ring (bicyclic) bond motifs is 1. The van der Waals surface area contributed by atoms with E-state index in [2.05, 4.69) is 23.6 Å². The van der Waals surface area contributed by atoms with Gasteiger partial charge in [-0.15, -0.1) is 0 Å². The molecule has 0 aliphatic heterocycles. The van der Waals surface area contributed by atoms with Gasteiger partial charge in [0.05, 0.1) is 0 Å². The number of aryl methyl sites for hydroxylation is 1. The Morgan fingerprint density at radius 2 is 2.11 bits per heavy atom. The molecule has 0 unspecified atom stereocenters. The minimum atomic E-state index is -0.0941. The van der Waals surface area contributed by atoms with Gasteiger partial charge in [0.25, 0.3) is 0 Å². The Morgan fingerprint density at radius 1 is 1.33 bits per heavy atom. The number of anilines is 1. The number of carbonyl (C=O) groups excluding carboxylic acids is 1. The van der Waals surface area contributed by atoms with E-state index in [1.54, 1.807) is 0 Å². The predicted octanol–water partition coefficient (Wildman–Crippen LogP) is 3.49. The molecule has 0 saturated carbocycles. The molecule has 1 atom stereocenters. The lowest BCUT2D eigenvalue weighted by molar-refractivity contribution is 0.249. The number of nitrogens with one attached hydrogen (secondary N) is 2. The summed E-state index contributed by atoms with van der Waals surface area (Å²) in [4.78, 5) is 11.8. The van der Waals surface area contributed by atoms with Crippen molar-refractivity contribution in [3.05, 3.63) is 29.3 Å². The van der Waals surface area contributed by atoms with Crippen LogP contribution < -0.4 is 10.6 Å². The van der Waals surface area contributed by atoms with E-state index in [1.807, 2.05) is 19.1 Å². The molecule has 0 fully saturated rings. The Morgan fingerprint density at radius 3 is 2.89 bits per heavy atom. The molecule has 0 spiro atoms. The van der Waals surface area contributed by atoms with Crippen molar-refractivity contribution in [1.82, 2.24) is 5.32 Å². The standard InChI is InChI=1S/C15H22N2O/c1-3-11(2)16-15(18)17-14-10-6-8-12-7-4-5-9-13(12)14/h6,8,10-11H,3-5,7,9H2,1-2H3,(H2,16,17,18)/t11-/m0/s1. The highest BCUT2D eigenvalue weighted by Gasteiger charge is 2.14. The highest BCUT2D eigenvalue weighted by Crippen LogP contribution is 2.27. The van der Waals surface area contributed by atoms with Crippen molar-refractivity contribution in [1.29, 1.82) is 0 Å². The van der Waals surface area contributed by atoms with Crippen molar-refractivity contribution < 1.29 is 4.79 Å². The molecule has 1 aliphatic carbocycles. The van der Waals surface area contributed by atoms with Gasteiger partial charge in [0.2, 0.25) is 0 Å². The first-order valence-electron chi connectivity index (χ1n) is 6.89. The van der Waals surface area contributed by atoms with Crippen LogP contribution in [0, 0.1) is 0 Å². The maximum atomic E-state index is 11.8. The van der Waals surface area contributed by atoms with Crippen LogP contribution in [-0.4, -0.2) is 12.1 Å². The molecule has 2 amide bonds. The van der Waals surface area contributed by atoms with E-state index in [0.29, 0.717) is 0 Å². The van der Waals surface area contributed by atoms with Gasteiger partial charge in [-0.3, -0.25) is 0 Å². The first-order chi connectivity index (χ1) is 8.70. The Balaban J connectivity index is 2.07. The predicted molar refractivity (Wildman–Crippen MR) is 75.0 cm³/mol. The van der Waals surface area contributed by atoms with E-state index in [4.69, 9.17) is 0 Å². The molecule has 0 aromatic heterocycles. The molecule has 18 heavy (non-hydrogen) atoms. The van der Waals surface area contributed by atoms with E-state index in [-0.39, 0.29) is 12.1 Å². The van der Waals surface area contributed by atoms with Crippen molar-refractivity contribution in [2.24, 2.45) is 0 Å². The zero-order chi connectivity index (χ0) is 13.0. The van der Waals surface area contributed by atoms with Gasteiger partial charge in [-0.25, -0.2) is 4.79 Å². The third-order valence-electron chi connectivity index (χ3n) is 3.63. The third-order valence-corrected chi connectivity index (χ3v) is 3.63. The third kappa shape index (κ3) is 3.03. The molecule has 1 aromatic carbocycles. The minimum absolute atomic E-state index is 0.0941. The Hall–Kier alpha value is -1.51. The summed E-state index contributed by atoms with van der Waals surface area (Å²) in [5.74, 6) is 0. The normalized spacial score (nSPS) is 15.7. The first-order valence-corrected chi connectivity index (χ1v) is 6.89. The molecule has 0 bridgehead atoms. The fraction of sp³-hybridized carbons (Fsp3) is 0.533. The number of carbonyl (C=O) groups is 1. The van der Waals surface area contributed by atoms with Crippen LogP contribution in [-0.2, 0) is 12.8 Å². The van der Waals surface area contributed by atoms with Crippen molar-refractivity contribution in [3.8, 4) is 0 Å². The zero-order valence-corrected chi connectivity index (χ0v) is 11.3. The monoisotopic (exact) mass is 246 g/mol. The van der Waals surface area contributed by atoms with Crippen molar-refractivity contribution in [2.75, 3.05) is 5.32 Å². The van der Waals surface area contributed by atoms with Crippen molar-refractivity contribution >= 4 is 11.7 Å². The van der Waals surface area contributed by atoms with E-state index in [1.165, 1.54) is 24.0 Å². The fourth-order valence-corrected chi connectivity index (χ4v) is 2.38. The van der Waals surface area contributed by atoms with Gasteiger partial charge in [-0.2, -0.15) is 0 Å². The molecule has 98 valence electrons. The van der Waals surface area contributed by atoms with E-state index < -0.39 is 0 Å². The number of urea groups is 1. The molecule has 2 rings (SSSR count). The molecule has 3 nitrogen and oxygen atoms in total. The van der Waals surface area contributed by atoms with E-state index in [0.717, 1.165) is 24.9 Å². The topological polar surface area (TPSA) is 41.1 Å². The van der Waals surface area contributed by atoms with Crippen LogP contribution in [0.2, 0.25) is 0 Å². The second-order valence-corrected chi connectivity index (χ2v) is 5.06. The highest BCUT2D eigenvalue weighted by molar-refractivity contribution is 5.90. The Labute approximate surface area is 109 Å². The van der Waals surface area contributed by atoms with Gasteiger partial charge in [0, 0.05) is 11.7 Å². The zero-order valence-electron chi connectivity index (χ0n) is 11.3.